The van der Waals surface area contributed by atoms with Gasteiger partial charge in [-0.2, -0.15) is 0 Å². The highest BCUT2D eigenvalue weighted by Gasteiger charge is 2.15. The van der Waals surface area contributed by atoms with Gasteiger partial charge in [0.1, 0.15) is 11.6 Å². The largest absolute Gasteiger partial charge is 0.496 e. The number of carboxylic acid groups (broad SMARTS) is 1. The molecule has 1 aromatic rings. The van der Waals surface area contributed by atoms with Crippen LogP contribution in [0.5, 0.6) is 5.75 Å². The lowest BCUT2D eigenvalue weighted by molar-refractivity contribution is -0.136. The molecule has 0 amide bonds. The molecule has 0 bridgehead atoms. The van der Waals surface area contributed by atoms with Crippen LogP contribution >= 0.6 is 11.6 Å². The molecule has 16 heavy (non-hydrogen) atoms. The molecule has 0 saturated carbocycles. The minimum Gasteiger partial charge on any atom is -0.496 e. The summed E-state index contributed by atoms with van der Waals surface area (Å²) in [5.41, 5.74) is 0.907. The number of carboxylic acids is 1. The summed E-state index contributed by atoms with van der Waals surface area (Å²) >= 11 is 5.69. The smallest absolute Gasteiger partial charge is 0.303 e. The van der Waals surface area contributed by atoms with Crippen molar-refractivity contribution in [1.82, 2.24) is 0 Å². The normalized spacial score (nSPS) is 10.2. The molecule has 88 valence electrons. The van der Waals surface area contributed by atoms with Crippen LogP contribution in [0.25, 0.3) is 0 Å². The highest BCUT2D eigenvalue weighted by atomic mass is 35.5. The Kier molecular flexibility index (Phi) is 4.12. The van der Waals surface area contributed by atoms with Gasteiger partial charge in [0.05, 0.1) is 12.1 Å². The van der Waals surface area contributed by atoms with Gasteiger partial charge in [0.25, 0.3) is 0 Å². The number of hydrogen-bond donors (Lipinski definition) is 1. The summed E-state index contributed by atoms with van der Waals surface area (Å²) < 4.78 is 18.5. The highest BCUT2D eigenvalue weighted by molar-refractivity contribution is 6.31. The van der Waals surface area contributed by atoms with Crippen molar-refractivity contribution in [2.75, 3.05) is 7.11 Å². The van der Waals surface area contributed by atoms with E-state index in [0.29, 0.717) is 16.9 Å². The number of halogens is 2. The minimum absolute atomic E-state index is 0.0151. The molecule has 0 aliphatic carbocycles. The fourth-order valence-corrected chi connectivity index (χ4v) is 1.79. The van der Waals surface area contributed by atoms with Crippen molar-refractivity contribution in [3.63, 3.8) is 0 Å². The Hall–Kier alpha value is -1.29. The molecule has 0 aliphatic rings. The predicted octanol–water partition coefficient (Wildman–Crippen LogP) is 2.81. The van der Waals surface area contributed by atoms with Gasteiger partial charge in [0.15, 0.2) is 0 Å². The molecule has 3 nitrogen and oxygen atoms in total. The van der Waals surface area contributed by atoms with Gasteiger partial charge < -0.3 is 9.84 Å². The van der Waals surface area contributed by atoms with Crippen molar-refractivity contribution in [3.05, 3.63) is 28.0 Å². The molecule has 1 aromatic carbocycles. The fraction of sp³-hybridized carbons (Fsp3) is 0.364. The Morgan fingerprint density at radius 1 is 1.62 bits per heavy atom. The third kappa shape index (κ3) is 2.64. The summed E-state index contributed by atoms with van der Waals surface area (Å²) in [6, 6.07) is 1.41. The van der Waals surface area contributed by atoms with Gasteiger partial charge in [-0.25, -0.2) is 4.39 Å². The second-order valence-corrected chi connectivity index (χ2v) is 3.79. The van der Waals surface area contributed by atoms with Gasteiger partial charge in [-0.15, -0.1) is 0 Å². The molecule has 0 spiro atoms. The van der Waals surface area contributed by atoms with E-state index in [2.05, 4.69) is 0 Å². The number of ether oxygens (including phenoxy) is 1. The van der Waals surface area contributed by atoms with E-state index >= 15 is 0 Å². The van der Waals surface area contributed by atoms with Crippen LogP contribution in [0, 0.1) is 12.7 Å². The molecule has 0 unspecified atom stereocenters. The molecular formula is C11H12ClFO3. The first-order valence-corrected chi connectivity index (χ1v) is 5.08. The van der Waals surface area contributed by atoms with Crippen LogP contribution in [-0.2, 0) is 11.2 Å². The standard InChI is InChI=1S/C11H12ClFO3/c1-6-10(13)8(12)5-7(11(6)16-2)3-4-9(14)15/h5H,3-4H2,1-2H3,(H,14,15). The molecular weight excluding hydrogens is 235 g/mol. The quantitative estimate of drug-likeness (QED) is 0.889. The average Bonchev–Trinajstić information content (AvgIpc) is 2.23. The SMILES string of the molecule is COc1c(CCC(=O)O)cc(Cl)c(F)c1C. The highest BCUT2D eigenvalue weighted by Crippen LogP contribution is 2.31. The van der Waals surface area contributed by atoms with Crippen LogP contribution < -0.4 is 4.74 Å². The minimum atomic E-state index is -0.917. The summed E-state index contributed by atoms with van der Waals surface area (Å²) in [4.78, 5) is 10.5. The van der Waals surface area contributed by atoms with Crippen LogP contribution in [-0.4, -0.2) is 18.2 Å². The predicted molar refractivity (Wildman–Crippen MR) is 58.7 cm³/mol. The van der Waals surface area contributed by atoms with Crippen molar-refractivity contribution >= 4 is 17.6 Å². The van der Waals surface area contributed by atoms with Gasteiger partial charge in [0.2, 0.25) is 0 Å². The molecule has 0 aliphatic heterocycles. The second-order valence-electron chi connectivity index (χ2n) is 3.38. The molecule has 0 atom stereocenters. The third-order valence-corrected chi connectivity index (χ3v) is 2.56. The van der Waals surface area contributed by atoms with E-state index in [-0.39, 0.29) is 17.9 Å². The number of benzene rings is 1. The van der Waals surface area contributed by atoms with E-state index in [4.69, 9.17) is 21.4 Å². The zero-order valence-electron chi connectivity index (χ0n) is 9.01. The zero-order chi connectivity index (χ0) is 12.3. The maximum atomic E-state index is 13.4. The Morgan fingerprint density at radius 3 is 2.75 bits per heavy atom. The Labute approximate surface area is 97.8 Å². The van der Waals surface area contributed by atoms with Gasteiger partial charge >= 0.3 is 5.97 Å². The van der Waals surface area contributed by atoms with E-state index in [9.17, 15) is 9.18 Å². The first-order valence-electron chi connectivity index (χ1n) is 4.70. The number of hydrogen-bond acceptors (Lipinski definition) is 2. The van der Waals surface area contributed by atoms with Crippen LogP contribution in [0.4, 0.5) is 4.39 Å². The topological polar surface area (TPSA) is 46.5 Å². The monoisotopic (exact) mass is 246 g/mol. The van der Waals surface area contributed by atoms with Crippen molar-refractivity contribution in [2.24, 2.45) is 0 Å². The molecule has 0 saturated heterocycles. The molecule has 0 aromatic heterocycles. The molecule has 5 heteroatoms. The van der Waals surface area contributed by atoms with Crippen molar-refractivity contribution in [1.29, 1.82) is 0 Å². The van der Waals surface area contributed by atoms with E-state index in [1.165, 1.54) is 13.2 Å². The lowest BCUT2D eigenvalue weighted by Crippen LogP contribution is -2.02. The first-order chi connectivity index (χ1) is 7.47. The van der Waals surface area contributed by atoms with Gasteiger partial charge in [-0.05, 0) is 25.0 Å². The summed E-state index contributed by atoms with van der Waals surface area (Å²) in [7, 11) is 1.42. The summed E-state index contributed by atoms with van der Waals surface area (Å²) in [5, 5.41) is 8.57. The van der Waals surface area contributed by atoms with Crippen LogP contribution in [0.2, 0.25) is 5.02 Å². The maximum absolute atomic E-state index is 13.4. The summed E-state index contributed by atoms with van der Waals surface area (Å²) in [5.74, 6) is -1.08. The average molecular weight is 247 g/mol. The van der Waals surface area contributed by atoms with Crippen LogP contribution in [0.3, 0.4) is 0 Å². The van der Waals surface area contributed by atoms with Crippen LogP contribution in [0.1, 0.15) is 17.5 Å². The van der Waals surface area contributed by atoms with E-state index < -0.39 is 11.8 Å². The molecule has 0 radical (unpaired) electrons. The molecule has 1 rings (SSSR count). The zero-order valence-corrected chi connectivity index (χ0v) is 9.77. The summed E-state index contributed by atoms with van der Waals surface area (Å²) in [6.45, 7) is 1.55. The third-order valence-electron chi connectivity index (χ3n) is 2.28. The number of aliphatic carboxylic acids is 1. The van der Waals surface area contributed by atoms with Crippen LogP contribution in [0.15, 0.2) is 6.07 Å². The Morgan fingerprint density at radius 2 is 2.25 bits per heavy atom. The van der Waals surface area contributed by atoms with Gasteiger partial charge in [0, 0.05) is 12.0 Å². The maximum Gasteiger partial charge on any atom is 0.303 e. The molecule has 1 N–H and O–H groups in total. The first kappa shape index (κ1) is 12.8. The number of aryl methyl sites for hydroxylation is 1. The second kappa shape index (κ2) is 5.16. The van der Waals surface area contributed by atoms with Gasteiger partial charge in [-0.1, -0.05) is 11.6 Å². The van der Waals surface area contributed by atoms with Gasteiger partial charge in [-0.3, -0.25) is 4.79 Å². The van der Waals surface area contributed by atoms with E-state index in [1.807, 2.05) is 0 Å². The number of rotatable bonds is 4. The number of methoxy groups -OCH3 is 1. The fourth-order valence-electron chi connectivity index (χ4n) is 1.51. The lowest BCUT2D eigenvalue weighted by Gasteiger charge is -2.12. The Balaban J connectivity index is 3.12. The van der Waals surface area contributed by atoms with E-state index in [1.54, 1.807) is 6.92 Å². The molecule has 0 heterocycles. The Bertz CT molecular complexity index is 418. The molecule has 0 fully saturated rings. The summed E-state index contributed by atoms with van der Waals surface area (Å²) in [6.07, 6.45) is 0.219. The van der Waals surface area contributed by atoms with E-state index in [0.717, 1.165) is 0 Å². The van der Waals surface area contributed by atoms with Crippen molar-refractivity contribution in [3.8, 4) is 5.75 Å². The lowest BCUT2D eigenvalue weighted by atomic mass is 10.0. The number of carbonyl (C=O) groups is 1. The van der Waals surface area contributed by atoms with Crippen molar-refractivity contribution in [2.45, 2.75) is 19.8 Å². The van der Waals surface area contributed by atoms with Crippen molar-refractivity contribution < 1.29 is 19.0 Å².